The second-order valence-corrected chi connectivity index (χ2v) is 6.40. The molecular formula is C18H25N3O2. The number of ether oxygens (including phenoxy) is 2. The normalized spacial score (nSPS) is 27.6. The summed E-state index contributed by atoms with van der Waals surface area (Å²) in [6.45, 7) is 12.0. The van der Waals surface area contributed by atoms with E-state index in [1.165, 1.54) is 19.2 Å². The number of likely N-dealkylation sites (tertiary alicyclic amines) is 1. The Kier molecular flexibility index (Phi) is 4.96. The number of hydrogen-bond acceptors (Lipinski definition) is 5. The Labute approximate surface area is 137 Å². The highest BCUT2D eigenvalue weighted by Crippen LogP contribution is 2.23. The van der Waals surface area contributed by atoms with E-state index in [2.05, 4.69) is 28.4 Å². The molecule has 23 heavy (non-hydrogen) atoms. The molecule has 124 valence electrons. The summed E-state index contributed by atoms with van der Waals surface area (Å²) in [4.78, 5) is 10.7. The van der Waals surface area contributed by atoms with Gasteiger partial charge in [-0.2, -0.15) is 0 Å². The fourth-order valence-corrected chi connectivity index (χ4v) is 3.08. The molecule has 3 heterocycles. The van der Waals surface area contributed by atoms with Crippen molar-refractivity contribution in [3.63, 3.8) is 0 Å². The van der Waals surface area contributed by atoms with Crippen LogP contribution in [0, 0.1) is 5.92 Å². The third-order valence-corrected chi connectivity index (χ3v) is 4.57. The molecule has 1 aromatic rings. The van der Waals surface area contributed by atoms with Gasteiger partial charge in [0, 0.05) is 12.7 Å². The monoisotopic (exact) mass is 315 g/mol. The number of rotatable bonds is 2. The molecule has 0 bridgehead atoms. The van der Waals surface area contributed by atoms with Gasteiger partial charge >= 0.3 is 0 Å². The Balaban J connectivity index is 1.79. The van der Waals surface area contributed by atoms with Crippen LogP contribution in [0.2, 0.25) is 0 Å². The molecule has 0 radical (unpaired) electrons. The van der Waals surface area contributed by atoms with Crippen molar-refractivity contribution >= 4 is 12.3 Å². The molecule has 0 N–H and O–H groups in total. The maximum absolute atomic E-state index is 6.25. The number of nitrogens with zero attached hydrogens (tertiary/aromatic N) is 3. The van der Waals surface area contributed by atoms with E-state index < -0.39 is 0 Å². The van der Waals surface area contributed by atoms with Crippen LogP contribution in [0.1, 0.15) is 26.7 Å². The zero-order valence-corrected chi connectivity index (χ0v) is 14.0. The number of piperidine rings is 1. The van der Waals surface area contributed by atoms with E-state index in [4.69, 9.17) is 9.47 Å². The van der Waals surface area contributed by atoms with Crippen molar-refractivity contribution in [2.45, 2.75) is 32.8 Å². The van der Waals surface area contributed by atoms with Crippen LogP contribution in [-0.2, 0) is 9.47 Å². The van der Waals surface area contributed by atoms with Crippen LogP contribution in [0.25, 0.3) is 12.3 Å². The Morgan fingerprint density at radius 1 is 1.39 bits per heavy atom. The lowest BCUT2D eigenvalue weighted by atomic mass is 9.99. The van der Waals surface area contributed by atoms with Crippen molar-refractivity contribution in [2.75, 3.05) is 26.2 Å². The van der Waals surface area contributed by atoms with Crippen molar-refractivity contribution in [3.05, 3.63) is 34.9 Å². The zero-order chi connectivity index (χ0) is 16.2. The van der Waals surface area contributed by atoms with Crippen LogP contribution in [-0.4, -0.2) is 47.2 Å². The highest BCUT2D eigenvalue weighted by atomic mass is 16.6. The van der Waals surface area contributed by atoms with Gasteiger partial charge in [-0.15, -0.1) is 0 Å². The number of hydrogen-bond donors (Lipinski definition) is 0. The molecule has 1 unspecified atom stereocenters. The molecule has 5 nitrogen and oxygen atoms in total. The van der Waals surface area contributed by atoms with Gasteiger partial charge in [-0.1, -0.05) is 13.5 Å². The van der Waals surface area contributed by atoms with Gasteiger partial charge in [0.25, 0.3) is 0 Å². The van der Waals surface area contributed by atoms with Gasteiger partial charge in [-0.3, -0.25) is 4.90 Å². The maximum Gasteiger partial charge on any atom is 0.172 e. The smallest absolute Gasteiger partial charge is 0.172 e. The Morgan fingerprint density at radius 2 is 2.17 bits per heavy atom. The Hall–Kier alpha value is -1.88. The van der Waals surface area contributed by atoms with Crippen molar-refractivity contribution in [1.82, 2.24) is 14.9 Å². The molecule has 0 aliphatic carbocycles. The Morgan fingerprint density at radius 3 is 2.87 bits per heavy atom. The molecule has 2 aliphatic heterocycles. The fourth-order valence-electron chi connectivity index (χ4n) is 3.08. The van der Waals surface area contributed by atoms with E-state index >= 15 is 0 Å². The van der Waals surface area contributed by atoms with Crippen LogP contribution in [0.15, 0.2) is 24.4 Å². The average molecular weight is 315 g/mol. The van der Waals surface area contributed by atoms with Crippen molar-refractivity contribution in [2.24, 2.45) is 5.92 Å². The topological polar surface area (TPSA) is 47.5 Å². The first-order valence-corrected chi connectivity index (χ1v) is 8.35. The lowest BCUT2D eigenvalue weighted by Crippen LogP contribution is -2.43. The maximum atomic E-state index is 6.25. The first-order valence-electron chi connectivity index (χ1n) is 8.35. The molecule has 2 fully saturated rings. The highest BCUT2D eigenvalue weighted by molar-refractivity contribution is 5.55. The van der Waals surface area contributed by atoms with Gasteiger partial charge in [0.05, 0.1) is 10.6 Å². The van der Waals surface area contributed by atoms with Gasteiger partial charge in [-0.25, -0.2) is 9.97 Å². The summed E-state index contributed by atoms with van der Waals surface area (Å²) in [5.41, 5.74) is 0. The molecule has 1 atom stereocenters. The van der Waals surface area contributed by atoms with Crippen molar-refractivity contribution < 1.29 is 9.47 Å². The predicted molar refractivity (Wildman–Crippen MR) is 89.6 cm³/mol. The van der Waals surface area contributed by atoms with E-state index in [0.29, 0.717) is 17.7 Å². The minimum atomic E-state index is 0.0294. The largest absolute Gasteiger partial charge is 0.486 e. The molecule has 2 saturated heterocycles. The molecule has 0 amide bonds. The third kappa shape index (κ3) is 3.72. The zero-order valence-electron chi connectivity index (χ0n) is 14.0. The van der Waals surface area contributed by atoms with E-state index in [1.807, 2.05) is 13.0 Å². The van der Waals surface area contributed by atoms with E-state index in [0.717, 1.165) is 36.5 Å². The lowest BCUT2D eigenvalue weighted by molar-refractivity contribution is 0.00127. The number of aromatic nitrogens is 2. The summed E-state index contributed by atoms with van der Waals surface area (Å²) >= 11 is 0. The van der Waals surface area contributed by atoms with Gasteiger partial charge in [-0.05, 0) is 44.8 Å². The van der Waals surface area contributed by atoms with Crippen LogP contribution in [0.3, 0.4) is 0 Å². The summed E-state index contributed by atoms with van der Waals surface area (Å²) in [5.74, 6) is 2.29. The minimum Gasteiger partial charge on any atom is -0.486 e. The van der Waals surface area contributed by atoms with Gasteiger partial charge in [0.2, 0.25) is 0 Å². The van der Waals surface area contributed by atoms with E-state index in [-0.39, 0.29) is 6.10 Å². The molecule has 3 rings (SSSR count). The van der Waals surface area contributed by atoms with Crippen molar-refractivity contribution in [1.29, 1.82) is 0 Å². The highest BCUT2D eigenvalue weighted by Gasteiger charge is 2.27. The second kappa shape index (κ2) is 7.13. The molecular weight excluding hydrogens is 290 g/mol. The summed E-state index contributed by atoms with van der Waals surface area (Å²) in [5, 5.41) is 1.46. The van der Waals surface area contributed by atoms with Gasteiger partial charge in [0.15, 0.2) is 11.5 Å². The molecule has 0 saturated carbocycles. The first kappa shape index (κ1) is 16.0. The molecule has 1 aromatic heterocycles. The molecule has 0 spiro atoms. The van der Waals surface area contributed by atoms with Crippen LogP contribution >= 0.6 is 0 Å². The quantitative estimate of drug-likeness (QED) is 0.816. The summed E-state index contributed by atoms with van der Waals surface area (Å²) in [7, 11) is 0. The fraction of sp³-hybridized carbons (Fsp3) is 0.556. The van der Waals surface area contributed by atoms with Crippen molar-refractivity contribution in [3.8, 4) is 0 Å². The molecule has 0 aromatic carbocycles. The van der Waals surface area contributed by atoms with E-state index in [9.17, 15) is 0 Å². The lowest BCUT2D eigenvalue weighted by Gasteiger charge is -2.35. The molecule has 2 aliphatic rings. The van der Waals surface area contributed by atoms with Gasteiger partial charge < -0.3 is 9.47 Å². The summed E-state index contributed by atoms with van der Waals surface area (Å²) < 4.78 is 12.2. The number of allylic oxidation sites excluding steroid dienone is 1. The average Bonchev–Trinajstić information content (AvgIpc) is 2.57. The standard InChI is InChI=1S/C18H25N3O2/c1-4-17-18(16-9-19-12-20-14(16)3)23-15(11-22-17)10-21-7-5-13(2)6-8-21/h4,9,12-13,15H,3,5-8,10-11H2,1-2H3/b17-4?,18-16+. The predicted octanol–water partition coefficient (Wildman–Crippen LogP) is 1.05. The van der Waals surface area contributed by atoms with Crippen LogP contribution < -0.4 is 10.6 Å². The van der Waals surface area contributed by atoms with Crippen LogP contribution in [0.4, 0.5) is 0 Å². The first-order chi connectivity index (χ1) is 11.2. The third-order valence-electron chi connectivity index (χ3n) is 4.57. The summed E-state index contributed by atoms with van der Waals surface area (Å²) in [6.07, 6.45) is 7.71. The van der Waals surface area contributed by atoms with E-state index in [1.54, 1.807) is 6.20 Å². The second-order valence-electron chi connectivity index (χ2n) is 6.40. The minimum absolute atomic E-state index is 0.0294. The summed E-state index contributed by atoms with van der Waals surface area (Å²) in [6, 6.07) is 0. The van der Waals surface area contributed by atoms with Crippen LogP contribution in [0.5, 0.6) is 0 Å². The SMILES string of the molecule is C=c1ncnc/c1=C1\OC(CN2CCC(C)CC2)COC1=CC. The van der Waals surface area contributed by atoms with Gasteiger partial charge in [0.1, 0.15) is 19.0 Å². The molecule has 5 heteroatoms. The Bertz CT molecular complexity index is 678.